The molecule has 0 saturated carbocycles. The molecule has 0 aromatic heterocycles. The summed E-state index contributed by atoms with van der Waals surface area (Å²) < 4.78 is 0. The van der Waals surface area contributed by atoms with Crippen LogP contribution in [0, 0.1) is 0 Å². The van der Waals surface area contributed by atoms with Gasteiger partial charge in [0, 0.05) is 37.3 Å². The Morgan fingerprint density at radius 3 is 2.18 bits per heavy atom. The SMILES string of the molecule is CC(=O)/C=C/CN(C)CCCCN1c2cc(Cl)ccc2C(=O)N(C)c2ccccc21.O=C(O)/C=C\C(=O)O. The first-order chi connectivity index (χ1) is 18.0. The van der Waals surface area contributed by atoms with Gasteiger partial charge in [-0.25, -0.2) is 9.59 Å². The van der Waals surface area contributed by atoms with Gasteiger partial charge in [0.15, 0.2) is 5.78 Å². The Kier molecular flexibility index (Phi) is 11.7. The van der Waals surface area contributed by atoms with Gasteiger partial charge in [-0.15, -0.1) is 0 Å². The number of halogens is 1. The van der Waals surface area contributed by atoms with Gasteiger partial charge in [0.1, 0.15) is 0 Å². The Labute approximate surface area is 227 Å². The second kappa shape index (κ2) is 14.7. The molecule has 38 heavy (non-hydrogen) atoms. The number of anilines is 3. The highest BCUT2D eigenvalue weighted by molar-refractivity contribution is 6.31. The predicted octanol–water partition coefficient (Wildman–Crippen LogP) is 4.64. The molecule has 0 unspecified atom stereocenters. The number of carboxylic acid groups (broad SMARTS) is 2. The van der Waals surface area contributed by atoms with Crippen LogP contribution in [0.2, 0.25) is 5.02 Å². The summed E-state index contributed by atoms with van der Waals surface area (Å²) in [4.78, 5) is 49.3. The summed E-state index contributed by atoms with van der Waals surface area (Å²) in [5, 5.41) is 16.2. The monoisotopic (exact) mass is 541 g/mol. The van der Waals surface area contributed by atoms with E-state index in [1.807, 2.05) is 49.5 Å². The van der Waals surface area contributed by atoms with E-state index in [9.17, 15) is 19.2 Å². The zero-order chi connectivity index (χ0) is 28.2. The molecule has 2 aromatic carbocycles. The minimum Gasteiger partial charge on any atom is -0.478 e. The maximum Gasteiger partial charge on any atom is 0.328 e. The molecular formula is C28H32ClN3O6. The summed E-state index contributed by atoms with van der Waals surface area (Å²) in [6.07, 6.45) is 6.58. The van der Waals surface area contributed by atoms with Crippen LogP contribution in [0.3, 0.4) is 0 Å². The van der Waals surface area contributed by atoms with Gasteiger partial charge in [-0.05, 0) is 69.8 Å². The average Bonchev–Trinajstić information content (AvgIpc) is 2.94. The number of fused-ring (bicyclic) bond motifs is 2. The van der Waals surface area contributed by atoms with Crippen LogP contribution in [0.1, 0.15) is 30.1 Å². The maximum atomic E-state index is 13.0. The van der Waals surface area contributed by atoms with Crippen molar-refractivity contribution in [3.63, 3.8) is 0 Å². The van der Waals surface area contributed by atoms with Crippen molar-refractivity contribution in [2.45, 2.75) is 19.8 Å². The summed E-state index contributed by atoms with van der Waals surface area (Å²) in [6, 6.07) is 13.4. The van der Waals surface area contributed by atoms with Crippen LogP contribution in [-0.2, 0) is 14.4 Å². The molecule has 1 heterocycles. The molecule has 0 saturated heterocycles. The van der Waals surface area contributed by atoms with Gasteiger partial charge in [0.05, 0.1) is 22.6 Å². The average molecular weight is 542 g/mol. The lowest BCUT2D eigenvalue weighted by Crippen LogP contribution is -2.25. The third kappa shape index (κ3) is 9.17. The van der Waals surface area contributed by atoms with E-state index >= 15 is 0 Å². The first-order valence-electron chi connectivity index (χ1n) is 11.9. The number of rotatable bonds is 10. The van der Waals surface area contributed by atoms with E-state index in [0.29, 0.717) is 22.7 Å². The number of nitrogens with zero attached hydrogens (tertiary/aromatic N) is 3. The van der Waals surface area contributed by atoms with Gasteiger partial charge < -0.3 is 24.9 Å². The van der Waals surface area contributed by atoms with Gasteiger partial charge in [-0.1, -0.05) is 29.8 Å². The molecule has 10 heteroatoms. The fourth-order valence-electron chi connectivity index (χ4n) is 3.83. The molecule has 2 N–H and O–H groups in total. The lowest BCUT2D eigenvalue weighted by Gasteiger charge is -2.27. The molecule has 0 atom stereocenters. The molecule has 1 aliphatic heterocycles. The highest BCUT2D eigenvalue weighted by Gasteiger charge is 2.28. The number of hydrogen-bond acceptors (Lipinski definition) is 6. The number of unbranched alkanes of at least 4 members (excludes halogenated alkanes) is 1. The summed E-state index contributed by atoms with van der Waals surface area (Å²) >= 11 is 6.29. The highest BCUT2D eigenvalue weighted by Crippen LogP contribution is 2.41. The number of ketones is 1. The third-order valence-corrected chi connectivity index (χ3v) is 5.86. The standard InChI is InChI=1S/C24H28ClN3O2.C4H4O4/c1-18(29)9-8-15-26(2)14-6-7-16-28-22-11-5-4-10-21(22)27(3)24(30)20-13-12-19(25)17-23(20)28;5-3(6)1-2-4(7)8/h4-5,8-13,17H,6-7,14-16H2,1-3H3;1-2H,(H,5,6)(H,7,8)/b9-8+;2-1-. The van der Waals surface area contributed by atoms with Crippen LogP contribution >= 0.6 is 11.6 Å². The van der Waals surface area contributed by atoms with Crippen molar-refractivity contribution < 1.29 is 29.4 Å². The van der Waals surface area contributed by atoms with E-state index in [1.54, 1.807) is 24.0 Å². The summed E-state index contributed by atoms with van der Waals surface area (Å²) in [5.74, 6) is -2.48. The molecule has 0 radical (unpaired) electrons. The molecule has 202 valence electrons. The van der Waals surface area contributed by atoms with Crippen molar-refractivity contribution in [3.05, 3.63) is 77.4 Å². The molecule has 0 spiro atoms. The molecule has 1 aliphatic rings. The largest absolute Gasteiger partial charge is 0.478 e. The summed E-state index contributed by atoms with van der Waals surface area (Å²) in [6.45, 7) is 4.02. The molecule has 1 amide bonds. The predicted molar refractivity (Wildman–Crippen MR) is 149 cm³/mol. The number of para-hydroxylation sites is 2. The number of carbonyl (C=O) groups excluding carboxylic acids is 2. The van der Waals surface area contributed by atoms with Crippen LogP contribution in [0.25, 0.3) is 0 Å². The second-order valence-corrected chi connectivity index (χ2v) is 9.09. The number of benzene rings is 2. The number of carbonyl (C=O) groups is 4. The lowest BCUT2D eigenvalue weighted by atomic mass is 10.1. The zero-order valence-corrected chi connectivity index (χ0v) is 22.4. The maximum absolute atomic E-state index is 13.0. The van der Waals surface area contributed by atoms with Crippen molar-refractivity contribution in [1.82, 2.24) is 4.90 Å². The van der Waals surface area contributed by atoms with Gasteiger partial charge in [-0.3, -0.25) is 9.59 Å². The van der Waals surface area contributed by atoms with Gasteiger partial charge in [-0.2, -0.15) is 0 Å². The first kappa shape index (κ1) is 30.3. The van der Waals surface area contributed by atoms with Crippen molar-refractivity contribution in [1.29, 1.82) is 0 Å². The molecule has 0 fully saturated rings. The van der Waals surface area contributed by atoms with Gasteiger partial charge in [0.25, 0.3) is 5.91 Å². The van der Waals surface area contributed by atoms with Crippen LogP contribution < -0.4 is 9.80 Å². The Morgan fingerprint density at radius 1 is 0.947 bits per heavy atom. The number of hydrogen-bond donors (Lipinski definition) is 2. The fraction of sp³-hybridized carbons (Fsp3) is 0.286. The second-order valence-electron chi connectivity index (χ2n) is 8.66. The Morgan fingerprint density at radius 2 is 1.58 bits per heavy atom. The smallest absolute Gasteiger partial charge is 0.328 e. The van der Waals surface area contributed by atoms with Crippen LogP contribution in [0.15, 0.2) is 66.8 Å². The number of carboxylic acids is 2. The van der Waals surface area contributed by atoms with Crippen molar-refractivity contribution in [2.24, 2.45) is 0 Å². The normalized spacial score (nSPS) is 12.7. The van der Waals surface area contributed by atoms with E-state index in [1.165, 1.54) is 0 Å². The molecule has 0 bridgehead atoms. The minimum atomic E-state index is -1.26. The number of likely N-dealkylation sites (N-methyl/N-ethyl adjacent to an activating group) is 1. The summed E-state index contributed by atoms with van der Waals surface area (Å²) in [5.41, 5.74) is 3.40. The van der Waals surface area contributed by atoms with Crippen LogP contribution in [0.5, 0.6) is 0 Å². The van der Waals surface area contributed by atoms with E-state index in [0.717, 1.165) is 49.5 Å². The zero-order valence-electron chi connectivity index (χ0n) is 21.6. The summed E-state index contributed by atoms with van der Waals surface area (Å²) in [7, 11) is 3.86. The highest BCUT2D eigenvalue weighted by atomic mass is 35.5. The minimum absolute atomic E-state index is 0.0337. The molecular weight excluding hydrogens is 510 g/mol. The molecule has 3 rings (SSSR count). The van der Waals surface area contributed by atoms with Gasteiger partial charge in [0.2, 0.25) is 0 Å². The van der Waals surface area contributed by atoms with Gasteiger partial charge >= 0.3 is 11.9 Å². The number of allylic oxidation sites excluding steroid dienone is 1. The quantitative estimate of drug-likeness (QED) is 0.330. The third-order valence-electron chi connectivity index (χ3n) is 5.63. The number of amides is 1. The van der Waals surface area contributed by atoms with E-state index in [4.69, 9.17) is 21.8 Å². The van der Waals surface area contributed by atoms with Crippen molar-refractivity contribution in [3.8, 4) is 0 Å². The van der Waals surface area contributed by atoms with Crippen molar-refractivity contribution in [2.75, 3.05) is 43.5 Å². The Balaban J connectivity index is 0.000000550. The van der Waals surface area contributed by atoms with Crippen LogP contribution in [0.4, 0.5) is 17.1 Å². The van der Waals surface area contributed by atoms with E-state index < -0.39 is 11.9 Å². The van der Waals surface area contributed by atoms with Crippen LogP contribution in [-0.4, -0.2) is 72.5 Å². The molecule has 0 aliphatic carbocycles. The molecule has 9 nitrogen and oxygen atoms in total. The Bertz CT molecular complexity index is 1210. The van der Waals surface area contributed by atoms with Crippen molar-refractivity contribution >= 4 is 52.3 Å². The topological polar surface area (TPSA) is 118 Å². The fourth-order valence-corrected chi connectivity index (χ4v) is 4.00. The number of aliphatic carboxylic acids is 2. The van der Waals surface area contributed by atoms with E-state index in [2.05, 4.69) is 16.8 Å². The van der Waals surface area contributed by atoms with E-state index in [-0.39, 0.29) is 11.7 Å². The Hall–Kier alpha value is -3.95. The molecule has 2 aromatic rings. The lowest BCUT2D eigenvalue weighted by molar-refractivity contribution is -0.134. The first-order valence-corrected chi connectivity index (χ1v) is 12.3.